The van der Waals surface area contributed by atoms with Crippen LogP contribution in [0.1, 0.15) is 18.4 Å². The largest absolute Gasteiger partial charge is 0.315 e. The number of benzene rings is 1. The first kappa shape index (κ1) is 13.7. The molecule has 0 aliphatic carbocycles. The Labute approximate surface area is 133 Å². The number of hydrogen-bond acceptors (Lipinski definition) is 3. The van der Waals surface area contributed by atoms with Crippen LogP contribution in [-0.4, -0.2) is 35.6 Å². The molecule has 2 unspecified atom stereocenters. The van der Waals surface area contributed by atoms with Crippen molar-refractivity contribution < 1.29 is 0 Å². The second-order valence-electron chi connectivity index (χ2n) is 6.20. The first-order chi connectivity index (χ1) is 10.3. The number of nitrogens with zero attached hydrogens (tertiary/aromatic N) is 2. The van der Waals surface area contributed by atoms with Crippen molar-refractivity contribution in [2.24, 2.45) is 5.92 Å². The van der Waals surface area contributed by atoms with E-state index in [1.807, 2.05) is 12.3 Å². The molecule has 1 aromatic carbocycles. The number of pyridine rings is 1. The van der Waals surface area contributed by atoms with Crippen LogP contribution in [0.3, 0.4) is 0 Å². The van der Waals surface area contributed by atoms with Gasteiger partial charge < -0.3 is 5.32 Å². The monoisotopic (exact) mass is 345 g/mol. The lowest BCUT2D eigenvalue weighted by Crippen LogP contribution is -2.44. The number of piperidine rings is 1. The molecule has 1 aromatic heterocycles. The molecular formula is C17H20BrN3. The van der Waals surface area contributed by atoms with Crippen molar-refractivity contribution in [3.8, 4) is 0 Å². The minimum atomic E-state index is 0.709. The summed E-state index contributed by atoms with van der Waals surface area (Å²) in [5, 5.41) is 4.78. The molecule has 110 valence electrons. The highest BCUT2D eigenvalue weighted by atomic mass is 79.9. The fourth-order valence-corrected chi connectivity index (χ4v) is 4.35. The van der Waals surface area contributed by atoms with E-state index in [2.05, 4.69) is 49.3 Å². The number of hydrogen-bond donors (Lipinski definition) is 1. The summed E-state index contributed by atoms with van der Waals surface area (Å²) in [5.41, 5.74) is 2.49. The van der Waals surface area contributed by atoms with E-state index in [4.69, 9.17) is 0 Å². The van der Waals surface area contributed by atoms with Crippen molar-refractivity contribution >= 4 is 26.8 Å². The maximum Gasteiger partial charge on any atom is 0.0758 e. The van der Waals surface area contributed by atoms with Gasteiger partial charge in [-0.25, -0.2) is 0 Å². The van der Waals surface area contributed by atoms with Gasteiger partial charge in [-0.1, -0.05) is 28.1 Å². The topological polar surface area (TPSA) is 28.2 Å². The van der Waals surface area contributed by atoms with Crippen molar-refractivity contribution in [1.82, 2.24) is 15.2 Å². The average molecular weight is 346 g/mol. The van der Waals surface area contributed by atoms with Gasteiger partial charge in [-0.3, -0.25) is 9.88 Å². The summed E-state index contributed by atoms with van der Waals surface area (Å²) >= 11 is 3.64. The van der Waals surface area contributed by atoms with E-state index < -0.39 is 0 Å². The van der Waals surface area contributed by atoms with Gasteiger partial charge in [0, 0.05) is 35.2 Å². The normalized spacial score (nSPS) is 26.1. The SMILES string of the molecule is Brc1ccc(CN2CCCC3CNCC32)c2ncccc12. The van der Waals surface area contributed by atoms with Crippen molar-refractivity contribution in [2.75, 3.05) is 19.6 Å². The van der Waals surface area contributed by atoms with Crippen molar-refractivity contribution in [3.63, 3.8) is 0 Å². The molecule has 2 fully saturated rings. The molecule has 3 nitrogen and oxygen atoms in total. The van der Waals surface area contributed by atoms with Gasteiger partial charge >= 0.3 is 0 Å². The number of nitrogens with one attached hydrogen (secondary N) is 1. The van der Waals surface area contributed by atoms with Gasteiger partial charge in [0.1, 0.15) is 0 Å². The average Bonchev–Trinajstić information content (AvgIpc) is 3.00. The van der Waals surface area contributed by atoms with Crippen LogP contribution in [0.25, 0.3) is 10.9 Å². The van der Waals surface area contributed by atoms with E-state index in [1.54, 1.807) is 0 Å². The molecule has 4 rings (SSSR count). The molecule has 2 saturated heterocycles. The van der Waals surface area contributed by atoms with Gasteiger partial charge in [-0.2, -0.15) is 0 Å². The van der Waals surface area contributed by atoms with Crippen LogP contribution in [0, 0.1) is 5.92 Å². The Kier molecular flexibility index (Phi) is 3.69. The van der Waals surface area contributed by atoms with Crippen molar-refractivity contribution in [2.45, 2.75) is 25.4 Å². The van der Waals surface area contributed by atoms with Crippen LogP contribution >= 0.6 is 15.9 Å². The lowest BCUT2D eigenvalue weighted by atomic mass is 9.91. The Bertz CT molecular complexity index is 658. The fraction of sp³-hybridized carbons (Fsp3) is 0.471. The molecule has 2 aromatic rings. The summed E-state index contributed by atoms with van der Waals surface area (Å²) < 4.78 is 1.13. The highest BCUT2D eigenvalue weighted by Gasteiger charge is 2.34. The third kappa shape index (κ3) is 2.50. The highest BCUT2D eigenvalue weighted by Crippen LogP contribution is 2.30. The molecule has 0 bridgehead atoms. The first-order valence-corrected chi connectivity index (χ1v) is 8.59. The Balaban J connectivity index is 1.66. The number of rotatable bonds is 2. The summed E-state index contributed by atoms with van der Waals surface area (Å²) in [5.74, 6) is 0.841. The summed E-state index contributed by atoms with van der Waals surface area (Å²) in [7, 11) is 0. The molecule has 0 radical (unpaired) electrons. The number of aromatic nitrogens is 1. The lowest BCUT2D eigenvalue weighted by Gasteiger charge is -2.37. The minimum absolute atomic E-state index is 0.709. The summed E-state index contributed by atoms with van der Waals surface area (Å²) in [4.78, 5) is 7.28. The Morgan fingerprint density at radius 1 is 1.29 bits per heavy atom. The molecule has 2 aliphatic rings. The van der Waals surface area contributed by atoms with Crippen LogP contribution in [0.5, 0.6) is 0 Å². The molecule has 0 saturated carbocycles. The summed E-state index contributed by atoms with van der Waals surface area (Å²) in [6.45, 7) is 4.57. The molecule has 1 N–H and O–H groups in total. The maximum atomic E-state index is 4.62. The molecule has 0 spiro atoms. The molecule has 0 amide bonds. The number of fused-ring (bicyclic) bond motifs is 2. The van der Waals surface area contributed by atoms with Crippen LogP contribution in [-0.2, 0) is 6.54 Å². The second kappa shape index (κ2) is 5.67. The Morgan fingerprint density at radius 2 is 2.24 bits per heavy atom. The van der Waals surface area contributed by atoms with Crippen molar-refractivity contribution in [1.29, 1.82) is 0 Å². The molecule has 4 heteroatoms. The predicted octanol–water partition coefficient (Wildman–Crippen LogP) is 3.18. The lowest BCUT2D eigenvalue weighted by molar-refractivity contribution is 0.118. The van der Waals surface area contributed by atoms with E-state index in [1.165, 1.54) is 36.9 Å². The highest BCUT2D eigenvalue weighted by molar-refractivity contribution is 9.10. The third-order valence-corrected chi connectivity index (χ3v) is 5.66. The van der Waals surface area contributed by atoms with E-state index in [0.717, 1.165) is 29.0 Å². The maximum absolute atomic E-state index is 4.62. The Hall–Kier alpha value is -0.970. The summed E-state index contributed by atoms with van der Waals surface area (Å²) in [6.07, 6.45) is 4.60. The van der Waals surface area contributed by atoms with Crippen LogP contribution in [0.4, 0.5) is 0 Å². The van der Waals surface area contributed by atoms with Gasteiger partial charge in [0.25, 0.3) is 0 Å². The predicted molar refractivity (Wildman–Crippen MR) is 89.2 cm³/mol. The van der Waals surface area contributed by atoms with Gasteiger partial charge in [0.05, 0.1) is 5.52 Å². The van der Waals surface area contributed by atoms with Gasteiger partial charge in [0.2, 0.25) is 0 Å². The quantitative estimate of drug-likeness (QED) is 0.905. The van der Waals surface area contributed by atoms with Crippen LogP contribution in [0.15, 0.2) is 34.9 Å². The number of likely N-dealkylation sites (tertiary alicyclic amines) is 1. The van der Waals surface area contributed by atoms with E-state index in [-0.39, 0.29) is 0 Å². The number of halogens is 1. The molecule has 21 heavy (non-hydrogen) atoms. The van der Waals surface area contributed by atoms with Crippen LogP contribution in [0.2, 0.25) is 0 Å². The van der Waals surface area contributed by atoms with Gasteiger partial charge in [0.15, 0.2) is 0 Å². The molecular weight excluding hydrogens is 326 g/mol. The third-order valence-electron chi connectivity index (χ3n) is 4.97. The summed E-state index contributed by atoms with van der Waals surface area (Å²) in [6, 6.07) is 9.25. The zero-order valence-electron chi connectivity index (χ0n) is 12.1. The van der Waals surface area contributed by atoms with Crippen molar-refractivity contribution in [3.05, 3.63) is 40.5 Å². The molecule has 2 aliphatic heterocycles. The molecule has 2 atom stereocenters. The van der Waals surface area contributed by atoms with E-state index in [0.29, 0.717) is 6.04 Å². The minimum Gasteiger partial charge on any atom is -0.315 e. The second-order valence-corrected chi connectivity index (χ2v) is 7.06. The first-order valence-electron chi connectivity index (χ1n) is 7.80. The zero-order chi connectivity index (χ0) is 14.2. The Morgan fingerprint density at radius 3 is 3.19 bits per heavy atom. The standard InChI is InChI=1S/C17H20BrN3/c18-15-6-5-13(17-14(15)4-1-7-20-17)11-21-8-2-3-12-9-19-10-16(12)21/h1,4-7,12,16,19H,2-3,8-11H2. The van der Waals surface area contributed by atoms with Gasteiger partial charge in [-0.15, -0.1) is 0 Å². The smallest absolute Gasteiger partial charge is 0.0758 e. The van der Waals surface area contributed by atoms with Gasteiger partial charge in [-0.05, 0) is 49.5 Å². The molecule has 3 heterocycles. The van der Waals surface area contributed by atoms with Crippen LogP contribution < -0.4 is 5.32 Å². The fourth-order valence-electron chi connectivity index (χ4n) is 3.90. The van der Waals surface area contributed by atoms with E-state index >= 15 is 0 Å². The van der Waals surface area contributed by atoms with E-state index in [9.17, 15) is 0 Å². The zero-order valence-corrected chi connectivity index (χ0v) is 13.6.